The predicted molar refractivity (Wildman–Crippen MR) is 68.2 cm³/mol. The first-order valence-corrected chi connectivity index (χ1v) is 5.95. The van der Waals surface area contributed by atoms with Gasteiger partial charge in [-0.05, 0) is 19.9 Å². The fourth-order valence-corrected chi connectivity index (χ4v) is 1.74. The molecule has 0 spiro atoms. The number of ether oxygens (including phenoxy) is 2. The number of halogens is 1. The molecule has 0 amide bonds. The van der Waals surface area contributed by atoms with E-state index in [1.54, 1.807) is 25.1 Å². The Labute approximate surface area is 111 Å². The van der Waals surface area contributed by atoms with Crippen molar-refractivity contribution in [2.45, 2.75) is 19.2 Å². The molecule has 1 aromatic carbocycles. The molecule has 0 aliphatic rings. The van der Waals surface area contributed by atoms with Gasteiger partial charge in [-0.2, -0.15) is 0 Å². The van der Waals surface area contributed by atoms with E-state index in [0.29, 0.717) is 5.56 Å². The van der Waals surface area contributed by atoms with Gasteiger partial charge in [-0.3, -0.25) is 4.79 Å². The molecule has 0 aromatic heterocycles. The average molecular weight is 271 g/mol. The lowest BCUT2D eigenvalue weighted by Gasteiger charge is -2.14. The van der Waals surface area contributed by atoms with Crippen molar-refractivity contribution in [1.29, 1.82) is 0 Å². The molecule has 0 fully saturated rings. The van der Waals surface area contributed by atoms with E-state index < -0.39 is 11.3 Å². The third-order valence-corrected chi connectivity index (χ3v) is 2.92. The Hall–Kier alpha value is -1.55. The molecule has 1 atom stereocenters. The SMILES string of the molecule is CCOC(=O)c1cccc(C(Cl)C(C)=O)c1OC. The Morgan fingerprint density at radius 2 is 2.06 bits per heavy atom. The van der Waals surface area contributed by atoms with Gasteiger partial charge < -0.3 is 9.47 Å². The average Bonchev–Trinajstić information content (AvgIpc) is 2.36. The van der Waals surface area contributed by atoms with Crippen LogP contribution in [0, 0.1) is 0 Å². The van der Waals surface area contributed by atoms with E-state index in [-0.39, 0.29) is 23.7 Å². The van der Waals surface area contributed by atoms with Crippen molar-refractivity contribution in [3.05, 3.63) is 29.3 Å². The predicted octanol–water partition coefficient (Wildman–Crippen LogP) is 2.74. The molecule has 0 heterocycles. The first-order valence-electron chi connectivity index (χ1n) is 5.51. The van der Waals surface area contributed by atoms with Crippen molar-refractivity contribution in [2.24, 2.45) is 0 Å². The number of para-hydroxylation sites is 1. The highest BCUT2D eigenvalue weighted by Gasteiger charge is 2.23. The van der Waals surface area contributed by atoms with Crippen LogP contribution in [0.2, 0.25) is 0 Å². The van der Waals surface area contributed by atoms with Gasteiger partial charge in [0.1, 0.15) is 16.7 Å². The molecule has 1 aromatic rings. The van der Waals surface area contributed by atoms with Crippen LogP contribution in [0.15, 0.2) is 18.2 Å². The number of rotatable bonds is 5. The van der Waals surface area contributed by atoms with Crippen LogP contribution < -0.4 is 4.74 Å². The van der Waals surface area contributed by atoms with Crippen molar-refractivity contribution >= 4 is 23.4 Å². The number of carbonyl (C=O) groups excluding carboxylic acids is 2. The fraction of sp³-hybridized carbons (Fsp3) is 0.385. The Bertz CT molecular complexity index is 456. The van der Waals surface area contributed by atoms with Crippen molar-refractivity contribution in [1.82, 2.24) is 0 Å². The second-order valence-corrected chi connectivity index (χ2v) is 4.06. The summed E-state index contributed by atoms with van der Waals surface area (Å²) >= 11 is 6.00. The highest BCUT2D eigenvalue weighted by molar-refractivity contribution is 6.31. The number of alkyl halides is 1. The number of hydrogen-bond donors (Lipinski definition) is 0. The van der Waals surface area contributed by atoms with Crippen LogP contribution in [0.25, 0.3) is 0 Å². The fourth-order valence-electron chi connectivity index (χ4n) is 1.57. The van der Waals surface area contributed by atoms with Crippen molar-refractivity contribution < 1.29 is 19.1 Å². The third-order valence-electron chi connectivity index (χ3n) is 2.37. The van der Waals surface area contributed by atoms with E-state index in [4.69, 9.17) is 21.1 Å². The zero-order valence-electron chi connectivity index (χ0n) is 10.5. The van der Waals surface area contributed by atoms with Gasteiger partial charge in [0, 0.05) is 5.56 Å². The summed E-state index contributed by atoms with van der Waals surface area (Å²) in [6.07, 6.45) is 0. The molecule has 98 valence electrons. The Balaban J connectivity index is 3.26. The van der Waals surface area contributed by atoms with Gasteiger partial charge in [0.25, 0.3) is 0 Å². The molecule has 0 saturated carbocycles. The molecule has 1 rings (SSSR count). The highest BCUT2D eigenvalue weighted by Crippen LogP contribution is 2.33. The van der Waals surface area contributed by atoms with Crippen molar-refractivity contribution in [3.63, 3.8) is 0 Å². The Morgan fingerprint density at radius 1 is 1.39 bits per heavy atom. The summed E-state index contributed by atoms with van der Waals surface area (Å²) in [5, 5.41) is -0.839. The lowest BCUT2D eigenvalue weighted by molar-refractivity contribution is -0.116. The zero-order valence-corrected chi connectivity index (χ0v) is 11.3. The standard InChI is InChI=1S/C13H15ClO4/c1-4-18-13(16)10-7-5-6-9(12(10)17-3)11(14)8(2)15/h5-7,11H,4H2,1-3H3. The lowest BCUT2D eigenvalue weighted by atomic mass is 10.0. The first-order chi connectivity index (χ1) is 8.52. The van der Waals surface area contributed by atoms with Gasteiger partial charge >= 0.3 is 5.97 Å². The van der Waals surface area contributed by atoms with Gasteiger partial charge in [0.15, 0.2) is 5.78 Å². The molecule has 1 unspecified atom stereocenters. The molecule has 18 heavy (non-hydrogen) atoms. The number of benzene rings is 1. The van der Waals surface area contributed by atoms with Crippen LogP contribution in [0.3, 0.4) is 0 Å². The minimum atomic E-state index is -0.839. The number of ketones is 1. The van der Waals surface area contributed by atoms with E-state index in [2.05, 4.69) is 0 Å². The van der Waals surface area contributed by atoms with E-state index >= 15 is 0 Å². The molecule has 0 bridgehead atoms. The van der Waals surface area contributed by atoms with Gasteiger partial charge in [-0.1, -0.05) is 12.1 Å². The molecule has 0 radical (unpaired) electrons. The lowest BCUT2D eigenvalue weighted by Crippen LogP contribution is -2.10. The zero-order chi connectivity index (χ0) is 13.7. The molecule has 4 nitrogen and oxygen atoms in total. The molecule has 0 N–H and O–H groups in total. The molecule has 0 aliphatic heterocycles. The molecule has 5 heteroatoms. The van der Waals surface area contributed by atoms with Crippen LogP contribution in [-0.2, 0) is 9.53 Å². The molecule has 0 aliphatic carbocycles. The molecular formula is C13H15ClO4. The summed E-state index contributed by atoms with van der Waals surface area (Å²) in [5.74, 6) is -0.425. The summed E-state index contributed by atoms with van der Waals surface area (Å²) < 4.78 is 10.1. The second-order valence-electron chi connectivity index (χ2n) is 3.62. The number of methoxy groups -OCH3 is 1. The van der Waals surface area contributed by atoms with Crippen LogP contribution in [0.1, 0.15) is 35.1 Å². The van der Waals surface area contributed by atoms with Crippen molar-refractivity contribution in [2.75, 3.05) is 13.7 Å². The highest BCUT2D eigenvalue weighted by atomic mass is 35.5. The smallest absolute Gasteiger partial charge is 0.341 e. The van der Waals surface area contributed by atoms with Gasteiger partial charge in [-0.25, -0.2) is 4.79 Å². The van der Waals surface area contributed by atoms with Crippen LogP contribution in [-0.4, -0.2) is 25.5 Å². The molecular weight excluding hydrogens is 256 g/mol. The number of carbonyl (C=O) groups is 2. The largest absolute Gasteiger partial charge is 0.495 e. The minimum Gasteiger partial charge on any atom is -0.495 e. The summed E-state index contributed by atoms with van der Waals surface area (Å²) in [7, 11) is 1.42. The monoisotopic (exact) mass is 270 g/mol. The maximum atomic E-state index is 11.7. The van der Waals surface area contributed by atoms with E-state index in [1.807, 2.05) is 0 Å². The normalized spacial score (nSPS) is 11.8. The summed E-state index contributed by atoms with van der Waals surface area (Å²) in [4.78, 5) is 23.1. The van der Waals surface area contributed by atoms with Gasteiger partial charge in [-0.15, -0.1) is 11.6 Å². The minimum absolute atomic E-state index is 0.212. The maximum Gasteiger partial charge on any atom is 0.341 e. The topological polar surface area (TPSA) is 52.6 Å². The van der Waals surface area contributed by atoms with E-state index in [0.717, 1.165) is 0 Å². The van der Waals surface area contributed by atoms with Gasteiger partial charge in [0.2, 0.25) is 0 Å². The summed E-state index contributed by atoms with van der Waals surface area (Å²) in [6, 6.07) is 4.87. The summed E-state index contributed by atoms with van der Waals surface area (Å²) in [5.41, 5.74) is 0.737. The first kappa shape index (κ1) is 14.5. The van der Waals surface area contributed by atoms with Gasteiger partial charge in [0.05, 0.1) is 13.7 Å². The number of Topliss-reactive ketones (excluding diaryl/α,β-unsaturated/α-hetero) is 1. The quantitative estimate of drug-likeness (QED) is 0.610. The Kier molecular flexibility index (Phi) is 5.16. The maximum absolute atomic E-state index is 11.7. The van der Waals surface area contributed by atoms with Crippen molar-refractivity contribution in [3.8, 4) is 5.75 Å². The van der Waals surface area contributed by atoms with Crippen LogP contribution in [0.4, 0.5) is 0 Å². The Morgan fingerprint density at radius 3 is 2.56 bits per heavy atom. The van der Waals surface area contributed by atoms with Crippen LogP contribution in [0.5, 0.6) is 5.75 Å². The summed E-state index contributed by atoms with van der Waals surface area (Å²) in [6.45, 7) is 3.37. The van der Waals surface area contributed by atoms with Crippen LogP contribution >= 0.6 is 11.6 Å². The second kappa shape index (κ2) is 6.40. The number of esters is 1. The van der Waals surface area contributed by atoms with E-state index in [9.17, 15) is 9.59 Å². The number of hydrogen-bond acceptors (Lipinski definition) is 4. The molecule has 0 saturated heterocycles. The van der Waals surface area contributed by atoms with E-state index in [1.165, 1.54) is 14.0 Å². The third kappa shape index (κ3) is 3.01.